The van der Waals surface area contributed by atoms with Crippen LogP contribution >= 0.6 is 0 Å². The van der Waals surface area contributed by atoms with Gasteiger partial charge >= 0.3 is 0 Å². The lowest BCUT2D eigenvalue weighted by molar-refractivity contribution is 0.568. The van der Waals surface area contributed by atoms with E-state index in [0.29, 0.717) is 0 Å². The highest BCUT2D eigenvalue weighted by Crippen LogP contribution is 2.44. The van der Waals surface area contributed by atoms with Crippen molar-refractivity contribution >= 4 is 87.5 Å². The predicted octanol–water partition coefficient (Wildman–Crippen LogP) is 15.6. The first-order valence-electron chi connectivity index (χ1n) is 23.2. The molecule has 0 spiro atoms. The van der Waals surface area contributed by atoms with Crippen LogP contribution in [0.25, 0.3) is 132 Å². The van der Waals surface area contributed by atoms with Gasteiger partial charge in [-0.2, -0.15) is 0 Å². The number of fused-ring (bicyclic) bond motifs is 12. The highest BCUT2D eigenvalue weighted by Gasteiger charge is 2.20. The highest BCUT2D eigenvalue weighted by molar-refractivity contribution is 6.23. The fraction of sp³-hybridized carbons (Fsp3) is 0.0312. The van der Waals surface area contributed by atoms with E-state index in [0.717, 1.165) is 62.5 Å². The molecule has 2 aromatic heterocycles. The van der Waals surface area contributed by atoms with E-state index in [1.165, 1.54) is 92.6 Å². The molecular formula is C64H40N2O. The second-order valence-corrected chi connectivity index (χ2v) is 17.8. The molecule has 11 aromatic carbocycles. The third-order valence-electron chi connectivity index (χ3n) is 14.2. The van der Waals surface area contributed by atoms with Crippen LogP contribution in [0.4, 0.5) is 0 Å². The Morgan fingerprint density at radius 3 is 1.40 bits per heavy atom. The number of rotatable bonds is 5. The summed E-state index contributed by atoms with van der Waals surface area (Å²) < 4.78 is 6.58. The standard InChI is InChI=1S/C64H40N2O/c1-2-18-43-42(17-1)41(39-15-13-16-40(37-39)60-38-65-62-56-26-9-7-23-48(56)49-24-8-10-27-57(49)63(62)66-60)31-32-50(43)51-33-34-52(45-20-4-3-19-44(45)51)53-35-36-54(47-22-6-5-21-46(47)53)58-28-14-29-59-55-25-11-12-30-61(55)67-64(58)59/h1-13,15-27,29-38H,14,28H2. The lowest BCUT2D eigenvalue weighted by atomic mass is 9.85. The van der Waals surface area contributed by atoms with E-state index < -0.39 is 0 Å². The van der Waals surface area contributed by atoms with Gasteiger partial charge in [-0.3, -0.25) is 4.98 Å². The van der Waals surface area contributed by atoms with Crippen molar-refractivity contribution in [2.24, 2.45) is 0 Å². The minimum Gasteiger partial charge on any atom is -0.456 e. The van der Waals surface area contributed by atoms with Gasteiger partial charge in [0.2, 0.25) is 0 Å². The number of aromatic nitrogens is 2. The number of hydrogen-bond acceptors (Lipinski definition) is 3. The van der Waals surface area contributed by atoms with Gasteiger partial charge in [0.05, 0.1) is 22.9 Å². The molecule has 0 amide bonds. The molecule has 67 heavy (non-hydrogen) atoms. The van der Waals surface area contributed by atoms with Crippen molar-refractivity contribution in [2.45, 2.75) is 12.8 Å². The van der Waals surface area contributed by atoms with Crippen LogP contribution in [-0.4, -0.2) is 9.97 Å². The van der Waals surface area contributed by atoms with E-state index >= 15 is 0 Å². The fourth-order valence-corrected chi connectivity index (χ4v) is 11.2. The first kappa shape index (κ1) is 37.7. The molecule has 1 aliphatic rings. The molecule has 312 valence electrons. The van der Waals surface area contributed by atoms with Crippen molar-refractivity contribution in [3.8, 4) is 44.6 Å². The smallest absolute Gasteiger partial charge is 0.138 e. The molecule has 0 bridgehead atoms. The Bertz CT molecular complexity index is 4310. The average molecular weight is 853 g/mol. The van der Waals surface area contributed by atoms with Gasteiger partial charge in [-0.1, -0.05) is 200 Å². The van der Waals surface area contributed by atoms with Gasteiger partial charge in [-0.05, 0) is 107 Å². The topological polar surface area (TPSA) is 38.9 Å². The van der Waals surface area contributed by atoms with Crippen LogP contribution in [0.3, 0.4) is 0 Å². The van der Waals surface area contributed by atoms with E-state index in [2.05, 4.69) is 212 Å². The minimum atomic E-state index is 0.858. The molecule has 0 aliphatic heterocycles. The molecule has 0 saturated heterocycles. The Hall–Kier alpha value is -8.66. The van der Waals surface area contributed by atoms with Crippen molar-refractivity contribution in [3.05, 3.63) is 229 Å². The molecule has 2 heterocycles. The van der Waals surface area contributed by atoms with Crippen molar-refractivity contribution in [2.75, 3.05) is 0 Å². The van der Waals surface area contributed by atoms with Gasteiger partial charge in [0, 0.05) is 32.5 Å². The van der Waals surface area contributed by atoms with Crippen LogP contribution in [0.5, 0.6) is 0 Å². The third-order valence-corrected chi connectivity index (χ3v) is 14.2. The number of hydrogen-bond donors (Lipinski definition) is 0. The summed E-state index contributed by atoms with van der Waals surface area (Å²) in [5.41, 5.74) is 15.4. The molecule has 0 atom stereocenters. The zero-order valence-electron chi connectivity index (χ0n) is 36.5. The molecule has 14 rings (SSSR count). The van der Waals surface area contributed by atoms with Gasteiger partial charge in [-0.25, -0.2) is 4.98 Å². The Morgan fingerprint density at radius 1 is 0.358 bits per heavy atom. The summed E-state index contributed by atoms with van der Waals surface area (Å²) in [5.74, 6) is 0. The summed E-state index contributed by atoms with van der Waals surface area (Å²) >= 11 is 0. The summed E-state index contributed by atoms with van der Waals surface area (Å²) in [6.07, 6.45) is 6.21. The Kier molecular flexibility index (Phi) is 8.41. The van der Waals surface area contributed by atoms with Crippen LogP contribution in [0.15, 0.2) is 217 Å². The van der Waals surface area contributed by atoms with Crippen LogP contribution in [0.1, 0.15) is 18.4 Å². The first-order valence-corrected chi connectivity index (χ1v) is 23.2. The number of nitrogens with zero attached hydrogens (tertiary/aromatic N) is 2. The summed E-state index contributed by atoms with van der Waals surface area (Å²) in [6, 6.07) is 74.8. The summed E-state index contributed by atoms with van der Waals surface area (Å²) in [5, 5.41) is 14.4. The fourth-order valence-electron chi connectivity index (χ4n) is 11.2. The third kappa shape index (κ3) is 5.84. The van der Waals surface area contributed by atoms with Gasteiger partial charge in [0.15, 0.2) is 0 Å². The van der Waals surface area contributed by atoms with Crippen molar-refractivity contribution in [1.82, 2.24) is 9.97 Å². The van der Waals surface area contributed by atoms with E-state index in [9.17, 15) is 0 Å². The maximum Gasteiger partial charge on any atom is 0.138 e. The zero-order chi connectivity index (χ0) is 44.0. The van der Waals surface area contributed by atoms with E-state index in [1.54, 1.807) is 0 Å². The van der Waals surface area contributed by atoms with Crippen LogP contribution < -0.4 is 10.6 Å². The summed E-state index contributed by atoms with van der Waals surface area (Å²) in [7, 11) is 0. The normalized spacial score (nSPS) is 12.7. The van der Waals surface area contributed by atoms with Gasteiger partial charge in [0.25, 0.3) is 0 Å². The average Bonchev–Trinajstić information content (AvgIpc) is 3.79. The molecule has 13 aromatic rings. The van der Waals surface area contributed by atoms with Gasteiger partial charge in [-0.15, -0.1) is 0 Å². The van der Waals surface area contributed by atoms with E-state index in [-0.39, 0.29) is 0 Å². The second kappa shape index (κ2) is 14.9. The van der Waals surface area contributed by atoms with Gasteiger partial charge < -0.3 is 4.42 Å². The Labute approximate surface area is 386 Å². The van der Waals surface area contributed by atoms with Crippen LogP contribution in [0, 0.1) is 0 Å². The Morgan fingerprint density at radius 2 is 0.806 bits per heavy atom. The number of para-hydroxylation sites is 1. The molecule has 0 radical (unpaired) electrons. The maximum absolute atomic E-state index is 6.58. The lowest BCUT2D eigenvalue weighted by Crippen LogP contribution is -2.26. The van der Waals surface area contributed by atoms with Crippen LogP contribution in [0.2, 0.25) is 0 Å². The molecule has 0 N–H and O–H groups in total. The quantitative estimate of drug-likeness (QED) is 0.162. The molecule has 3 heteroatoms. The molecule has 0 fully saturated rings. The van der Waals surface area contributed by atoms with Crippen LogP contribution in [-0.2, 0) is 0 Å². The predicted molar refractivity (Wildman–Crippen MR) is 280 cm³/mol. The molecule has 3 nitrogen and oxygen atoms in total. The SMILES string of the molecule is C1=c2c(oc3ccccc23)=C(c2ccc(-c3ccc(-c4ccc(-c5cccc(-c6cnc7c8ccccc8c8ccccc8c7n6)c5)c5ccccc45)c4ccccc34)c3ccccc23)CC1. The molecule has 0 unspecified atom stereocenters. The first-order chi connectivity index (χ1) is 33.2. The number of furan rings is 1. The van der Waals surface area contributed by atoms with Crippen molar-refractivity contribution in [1.29, 1.82) is 0 Å². The highest BCUT2D eigenvalue weighted by atomic mass is 16.3. The second-order valence-electron chi connectivity index (χ2n) is 17.8. The molecule has 0 saturated carbocycles. The maximum atomic E-state index is 6.58. The lowest BCUT2D eigenvalue weighted by Gasteiger charge is -2.18. The summed E-state index contributed by atoms with van der Waals surface area (Å²) in [6.45, 7) is 0. The van der Waals surface area contributed by atoms with E-state index in [1.807, 2.05) is 6.20 Å². The largest absolute Gasteiger partial charge is 0.456 e. The molecular weight excluding hydrogens is 813 g/mol. The van der Waals surface area contributed by atoms with Crippen molar-refractivity contribution < 1.29 is 4.42 Å². The minimum absolute atomic E-state index is 0.858. The molecule has 1 aliphatic carbocycles. The Balaban J connectivity index is 0.879. The monoisotopic (exact) mass is 852 g/mol. The van der Waals surface area contributed by atoms with Crippen molar-refractivity contribution in [3.63, 3.8) is 0 Å². The number of benzene rings is 11. The van der Waals surface area contributed by atoms with E-state index in [4.69, 9.17) is 14.4 Å². The zero-order valence-corrected chi connectivity index (χ0v) is 36.5. The van der Waals surface area contributed by atoms with Gasteiger partial charge in [0.1, 0.15) is 11.0 Å². The summed E-state index contributed by atoms with van der Waals surface area (Å²) in [4.78, 5) is 10.4.